The third-order valence-corrected chi connectivity index (χ3v) is 7.58. The van der Waals surface area contributed by atoms with E-state index in [4.69, 9.17) is 4.98 Å². The number of benzene rings is 1. The number of hydrogen-bond donors (Lipinski definition) is 1. The lowest BCUT2D eigenvalue weighted by Crippen LogP contribution is -2.26. The number of fused-ring (bicyclic) bond motifs is 1. The molecule has 3 heterocycles. The van der Waals surface area contributed by atoms with E-state index in [1.165, 1.54) is 23.1 Å². The number of aromatic nitrogens is 2. The summed E-state index contributed by atoms with van der Waals surface area (Å²) in [6.45, 7) is 6.62. The minimum atomic E-state index is -0.0997. The van der Waals surface area contributed by atoms with Gasteiger partial charge in [0.05, 0.1) is 11.1 Å². The summed E-state index contributed by atoms with van der Waals surface area (Å²) in [6, 6.07) is 11.9. The number of carbonyl (C=O) groups is 1. The molecule has 31 heavy (non-hydrogen) atoms. The molecule has 0 aliphatic carbocycles. The molecule has 0 saturated heterocycles. The molecule has 0 radical (unpaired) electrons. The van der Waals surface area contributed by atoms with Gasteiger partial charge in [0.1, 0.15) is 4.83 Å². The van der Waals surface area contributed by atoms with Crippen LogP contribution in [0.15, 0.2) is 69.8 Å². The molecule has 3 aromatic heterocycles. The van der Waals surface area contributed by atoms with Crippen molar-refractivity contribution in [3.63, 3.8) is 0 Å². The van der Waals surface area contributed by atoms with Gasteiger partial charge in [0.2, 0.25) is 5.91 Å². The van der Waals surface area contributed by atoms with Crippen molar-refractivity contribution < 1.29 is 4.79 Å². The van der Waals surface area contributed by atoms with Crippen LogP contribution < -0.4 is 10.9 Å². The van der Waals surface area contributed by atoms with Crippen LogP contribution in [0.4, 0.5) is 0 Å². The number of hydrogen-bond acceptors (Lipinski definition) is 6. The van der Waals surface area contributed by atoms with Gasteiger partial charge in [-0.05, 0) is 29.5 Å². The number of amides is 1. The van der Waals surface area contributed by atoms with Crippen LogP contribution in [0.3, 0.4) is 0 Å². The number of thioether (sulfide) groups is 1. The number of rotatable bonds is 8. The highest BCUT2D eigenvalue weighted by molar-refractivity contribution is 7.99. The SMILES string of the molecule is C=CCn1c(SCC(=O)NCc2ccccc2C)nc2scc(-c3cccs3)c2c1=O. The van der Waals surface area contributed by atoms with Crippen molar-refractivity contribution in [3.8, 4) is 10.4 Å². The summed E-state index contributed by atoms with van der Waals surface area (Å²) in [5.41, 5.74) is 3.04. The molecule has 0 unspecified atom stereocenters. The Labute approximate surface area is 192 Å². The molecule has 0 saturated carbocycles. The Morgan fingerprint density at radius 2 is 2.10 bits per heavy atom. The first-order chi connectivity index (χ1) is 15.1. The molecule has 0 aliphatic rings. The number of aryl methyl sites for hydroxylation is 1. The smallest absolute Gasteiger partial charge is 0.263 e. The van der Waals surface area contributed by atoms with E-state index in [2.05, 4.69) is 11.9 Å². The maximum absolute atomic E-state index is 13.3. The van der Waals surface area contributed by atoms with Crippen molar-refractivity contribution in [3.05, 3.63) is 81.3 Å². The van der Waals surface area contributed by atoms with Gasteiger partial charge in [-0.25, -0.2) is 4.98 Å². The molecule has 4 aromatic rings. The molecule has 8 heteroatoms. The van der Waals surface area contributed by atoms with Crippen LogP contribution in [0.5, 0.6) is 0 Å². The Morgan fingerprint density at radius 1 is 1.26 bits per heavy atom. The van der Waals surface area contributed by atoms with Gasteiger partial charge in [0.25, 0.3) is 5.56 Å². The maximum Gasteiger partial charge on any atom is 0.263 e. The molecular weight excluding hydrogens is 446 g/mol. The summed E-state index contributed by atoms with van der Waals surface area (Å²) in [5, 5.41) is 8.08. The van der Waals surface area contributed by atoms with E-state index < -0.39 is 0 Å². The van der Waals surface area contributed by atoms with E-state index in [1.807, 2.05) is 54.1 Å². The molecule has 1 aromatic carbocycles. The summed E-state index contributed by atoms with van der Waals surface area (Å²) in [5.74, 6) is 0.0858. The topological polar surface area (TPSA) is 64.0 Å². The number of nitrogens with zero attached hydrogens (tertiary/aromatic N) is 2. The lowest BCUT2D eigenvalue weighted by atomic mass is 10.1. The number of carbonyl (C=O) groups excluding carboxylic acids is 1. The fourth-order valence-corrected chi connectivity index (χ4v) is 5.84. The van der Waals surface area contributed by atoms with Crippen molar-refractivity contribution >= 4 is 50.6 Å². The molecule has 0 spiro atoms. The molecule has 158 valence electrons. The van der Waals surface area contributed by atoms with E-state index in [9.17, 15) is 9.59 Å². The van der Waals surface area contributed by atoms with Crippen molar-refractivity contribution in [1.82, 2.24) is 14.9 Å². The van der Waals surface area contributed by atoms with Crippen molar-refractivity contribution in [2.45, 2.75) is 25.2 Å². The molecule has 0 fully saturated rings. The van der Waals surface area contributed by atoms with Crippen molar-refractivity contribution in [2.24, 2.45) is 0 Å². The fourth-order valence-electron chi connectivity index (χ4n) is 3.20. The minimum absolute atomic E-state index is 0.0989. The molecule has 0 bridgehead atoms. The standard InChI is InChI=1S/C23H21N3O2S3/c1-3-10-26-22(28)20-17(18-9-6-11-29-18)13-30-21(20)25-23(26)31-14-19(27)24-12-16-8-5-4-7-15(16)2/h3-9,11,13H,1,10,12,14H2,2H3,(H,24,27). The van der Waals surface area contributed by atoms with E-state index in [0.717, 1.165) is 21.6 Å². The highest BCUT2D eigenvalue weighted by Crippen LogP contribution is 2.34. The Balaban J connectivity index is 1.55. The monoisotopic (exact) mass is 467 g/mol. The minimum Gasteiger partial charge on any atom is -0.351 e. The average Bonchev–Trinajstić information content (AvgIpc) is 3.43. The molecule has 0 atom stereocenters. The largest absolute Gasteiger partial charge is 0.351 e. The zero-order chi connectivity index (χ0) is 21.8. The maximum atomic E-state index is 13.3. The average molecular weight is 468 g/mol. The molecule has 1 N–H and O–H groups in total. The summed E-state index contributed by atoms with van der Waals surface area (Å²) in [4.78, 5) is 32.1. The second-order valence-electron chi connectivity index (χ2n) is 6.90. The van der Waals surface area contributed by atoms with E-state index in [-0.39, 0.29) is 17.2 Å². The van der Waals surface area contributed by atoms with E-state index in [0.29, 0.717) is 28.5 Å². The van der Waals surface area contributed by atoms with Gasteiger partial charge < -0.3 is 5.32 Å². The first-order valence-corrected chi connectivity index (χ1v) is 12.4. The second kappa shape index (κ2) is 9.64. The summed E-state index contributed by atoms with van der Waals surface area (Å²) < 4.78 is 1.60. The van der Waals surface area contributed by atoms with Gasteiger partial charge in [0, 0.05) is 28.9 Å². The predicted octanol–water partition coefficient (Wildman–Crippen LogP) is 5.09. The Bertz CT molecular complexity index is 1290. The third-order valence-electron chi connectivity index (χ3n) is 4.83. The van der Waals surface area contributed by atoms with Gasteiger partial charge in [-0.15, -0.1) is 29.3 Å². The van der Waals surface area contributed by atoms with E-state index in [1.54, 1.807) is 22.0 Å². The van der Waals surface area contributed by atoms with Gasteiger partial charge in [0.15, 0.2) is 5.16 Å². The summed E-state index contributed by atoms with van der Waals surface area (Å²) in [7, 11) is 0. The zero-order valence-corrected chi connectivity index (χ0v) is 19.4. The van der Waals surface area contributed by atoms with Gasteiger partial charge in [-0.3, -0.25) is 14.2 Å². The number of thiophene rings is 2. The Hall–Kier alpha value is -2.68. The lowest BCUT2D eigenvalue weighted by Gasteiger charge is -2.11. The second-order valence-corrected chi connectivity index (χ2v) is 9.65. The highest BCUT2D eigenvalue weighted by Gasteiger charge is 2.18. The normalized spacial score (nSPS) is 11.0. The quantitative estimate of drug-likeness (QED) is 0.223. The third kappa shape index (κ3) is 4.66. The number of allylic oxidation sites excluding steroid dienone is 1. The van der Waals surface area contributed by atoms with Gasteiger partial charge in [-0.1, -0.05) is 48.2 Å². The van der Waals surface area contributed by atoms with Crippen LogP contribution in [0, 0.1) is 6.92 Å². The van der Waals surface area contributed by atoms with Crippen LogP contribution in [0.25, 0.3) is 20.7 Å². The molecule has 5 nitrogen and oxygen atoms in total. The zero-order valence-electron chi connectivity index (χ0n) is 17.0. The first kappa shape index (κ1) is 21.5. The molecule has 1 amide bonds. The molecule has 0 aliphatic heterocycles. The molecular formula is C23H21N3O2S3. The van der Waals surface area contributed by atoms with Crippen LogP contribution in [0.2, 0.25) is 0 Å². The molecule has 4 rings (SSSR count). The van der Waals surface area contributed by atoms with Crippen molar-refractivity contribution in [1.29, 1.82) is 0 Å². The van der Waals surface area contributed by atoms with Crippen LogP contribution in [-0.2, 0) is 17.9 Å². The first-order valence-electron chi connectivity index (χ1n) is 9.69. The van der Waals surface area contributed by atoms with Gasteiger partial charge in [-0.2, -0.15) is 0 Å². The van der Waals surface area contributed by atoms with Crippen LogP contribution >= 0.6 is 34.4 Å². The highest BCUT2D eigenvalue weighted by atomic mass is 32.2. The number of nitrogens with one attached hydrogen (secondary N) is 1. The van der Waals surface area contributed by atoms with Crippen LogP contribution in [0.1, 0.15) is 11.1 Å². The van der Waals surface area contributed by atoms with Gasteiger partial charge >= 0.3 is 0 Å². The summed E-state index contributed by atoms with van der Waals surface area (Å²) >= 11 is 4.32. The van der Waals surface area contributed by atoms with Crippen molar-refractivity contribution in [2.75, 3.05) is 5.75 Å². The fraction of sp³-hybridized carbons (Fsp3) is 0.174. The Morgan fingerprint density at radius 3 is 2.84 bits per heavy atom. The van der Waals surface area contributed by atoms with E-state index >= 15 is 0 Å². The summed E-state index contributed by atoms with van der Waals surface area (Å²) in [6.07, 6.45) is 1.68. The Kier molecular flexibility index (Phi) is 6.70. The predicted molar refractivity (Wildman–Crippen MR) is 131 cm³/mol. The van der Waals surface area contributed by atoms with Crippen LogP contribution in [-0.4, -0.2) is 21.2 Å². The lowest BCUT2D eigenvalue weighted by molar-refractivity contribution is -0.118.